The molecule has 0 spiro atoms. The highest BCUT2D eigenvalue weighted by atomic mass is 16.5. The lowest BCUT2D eigenvalue weighted by Gasteiger charge is -2.24. The number of allylic oxidation sites excluding steroid dienone is 2. The molecule has 4 heteroatoms. The maximum Gasteiger partial charge on any atom is 0.185 e. The van der Waals surface area contributed by atoms with Gasteiger partial charge in [0.25, 0.3) is 0 Å². The van der Waals surface area contributed by atoms with E-state index >= 15 is 0 Å². The van der Waals surface area contributed by atoms with Gasteiger partial charge >= 0.3 is 0 Å². The molecule has 0 aromatic heterocycles. The Labute approximate surface area is 154 Å². The van der Waals surface area contributed by atoms with Crippen LogP contribution in [0.1, 0.15) is 35.3 Å². The first-order valence-corrected chi connectivity index (χ1v) is 8.24. The Hall–Kier alpha value is -3.01. The van der Waals surface area contributed by atoms with Crippen molar-refractivity contribution in [3.63, 3.8) is 0 Å². The fourth-order valence-electron chi connectivity index (χ4n) is 2.55. The van der Waals surface area contributed by atoms with Crippen LogP contribution in [-0.4, -0.2) is 25.1 Å². The fraction of sp³-hybridized carbons (Fsp3) is 0.227. The average molecular weight is 352 g/mol. The summed E-state index contributed by atoms with van der Waals surface area (Å²) in [7, 11) is 3.19. The minimum atomic E-state index is -0.304. The first-order valence-electron chi connectivity index (χ1n) is 8.24. The standard InChI is InChI=1S/C22H24O4/c1-6-22(2,3)18-13-16(20(25-4)14-21(18)26-5)9-12-19(24)15-7-10-17(23)11-8-15/h6-14,23H,1H2,2-5H3/b12-9+. The lowest BCUT2D eigenvalue weighted by atomic mass is 9.83. The Morgan fingerprint density at radius 2 is 1.69 bits per heavy atom. The molecule has 26 heavy (non-hydrogen) atoms. The van der Waals surface area contributed by atoms with Crippen molar-refractivity contribution in [2.24, 2.45) is 0 Å². The van der Waals surface area contributed by atoms with E-state index in [0.717, 1.165) is 11.1 Å². The zero-order chi connectivity index (χ0) is 19.3. The highest BCUT2D eigenvalue weighted by molar-refractivity contribution is 6.07. The van der Waals surface area contributed by atoms with Crippen molar-refractivity contribution in [1.29, 1.82) is 0 Å². The summed E-state index contributed by atoms with van der Waals surface area (Å²) in [5.74, 6) is 1.28. The Bertz CT molecular complexity index is 830. The highest BCUT2D eigenvalue weighted by Crippen LogP contribution is 2.38. The summed E-state index contributed by atoms with van der Waals surface area (Å²) >= 11 is 0. The van der Waals surface area contributed by atoms with Gasteiger partial charge in [0.05, 0.1) is 14.2 Å². The van der Waals surface area contributed by atoms with Gasteiger partial charge in [-0.15, -0.1) is 6.58 Å². The van der Waals surface area contributed by atoms with Crippen molar-refractivity contribution in [3.8, 4) is 17.2 Å². The monoisotopic (exact) mass is 352 g/mol. The third-order valence-electron chi connectivity index (χ3n) is 4.32. The normalized spacial score (nSPS) is 11.4. The van der Waals surface area contributed by atoms with Crippen LogP contribution < -0.4 is 9.47 Å². The highest BCUT2D eigenvalue weighted by Gasteiger charge is 2.23. The molecular weight excluding hydrogens is 328 g/mol. The number of carbonyl (C=O) groups excluding carboxylic acids is 1. The lowest BCUT2D eigenvalue weighted by Crippen LogP contribution is -2.15. The van der Waals surface area contributed by atoms with Crippen molar-refractivity contribution < 1.29 is 19.4 Å². The minimum Gasteiger partial charge on any atom is -0.508 e. The number of ketones is 1. The number of hydrogen-bond donors (Lipinski definition) is 1. The molecule has 0 heterocycles. The lowest BCUT2D eigenvalue weighted by molar-refractivity contribution is 0.104. The molecule has 136 valence electrons. The van der Waals surface area contributed by atoms with Crippen molar-refractivity contribution in [2.45, 2.75) is 19.3 Å². The van der Waals surface area contributed by atoms with Gasteiger partial charge in [0.1, 0.15) is 17.2 Å². The van der Waals surface area contributed by atoms with Crippen LogP contribution in [-0.2, 0) is 5.41 Å². The molecule has 2 rings (SSSR count). The van der Waals surface area contributed by atoms with Gasteiger partial charge in [0.15, 0.2) is 5.78 Å². The molecule has 0 aliphatic rings. The smallest absolute Gasteiger partial charge is 0.185 e. The summed E-state index contributed by atoms with van der Waals surface area (Å²) in [5, 5.41) is 9.33. The van der Waals surface area contributed by atoms with Crippen LogP contribution in [0.3, 0.4) is 0 Å². The Morgan fingerprint density at radius 3 is 2.23 bits per heavy atom. The Balaban J connectivity index is 2.44. The first kappa shape index (κ1) is 19.3. The molecule has 0 saturated heterocycles. The average Bonchev–Trinajstić information content (AvgIpc) is 2.65. The maximum atomic E-state index is 12.3. The number of phenolic OH excluding ortho intramolecular Hbond substituents is 1. The molecule has 2 aromatic rings. The van der Waals surface area contributed by atoms with E-state index in [2.05, 4.69) is 6.58 Å². The molecule has 0 aliphatic carbocycles. The molecule has 0 fully saturated rings. The number of aromatic hydroxyl groups is 1. The SMILES string of the molecule is C=CC(C)(C)c1cc(/C=C/C(=O)c2ccc(O)cc2)c(OC)cc1OC. The number of phenols is 1. The number of benzene rings is 2. The van der Waals surface area contributed by atoms with Gasteiger partial charge in [-0.3, -0.25) is 4.79 Å². The van der Waals surface area contributed by atoms with Crippen molar-refractivity contribution >= 4 is 11.9 Å². The molecule has 4 nitrogen and oxygen atoms in total. The summed E-state index contributed by atoms with van der Waals surface area (Å²) < 4.78 is 10.9. The van der Waals surface area contributed by atoms with Crippen molar-refractivity contribution in [1.82, 2.24) is 0 Å². The fourth-order valence-corrected chi connectivity index (χ4v) is 2.55. The summed E-state index contributed by atoms with van der Waals surface area (Å²) in [6.45, 7) is 7.98. The summed E-state index contributed by atoms with van der Waals surface area (Å²) in [4.78, 5) is 12.3. The second kappa shape index (κ2) is 7.91. The van der Waals surface area contributed by atoms with Crippen LogP contribution in [0.15, 0.2) is 55.1 Å². The third-order valence-corrected chi connectivity index (χ3v) is 4.32. The molecule has 1 N–H and O–H groups in total. The van der Waals surface area contributed by atoms with Crippen LogP contribution in [0.2, 0.25) is 0 Å². The number of ether oxygens (including phenoxy) is 2. The molecule has 0 saturated carbocycles. The van der Waals surface area contributed by atoms with Gasteiger partial charge in [0, 0.05) is 28.2 Å². The number of carbonyl (C=O) groups is 1. The maximum absolute atomic E-state index is 12.3. The molecule has 0 aliphatic heterocycles. The molecule has 2 aromatic carbocycles. The molecule has 0 atom stereocenters. The second-order valence-corrected chi connectivity index (χ2v) is 6.46. The van der Waals surface area contributed by atoms with Gasteiger partial charge in [-0.05, 0) is 42.5 Å². The van der Waals surface area contributed by atoms with E-state index < -0.39 is 0 Å². The van der Waals surface area contributed by atoms with Crippen molar-refractivity contribution in [2.75, 3.05) is 14.2 Å². The molecular formula is C22H24O4. The topological polar surface area (TPSA) is 55.8 Å². The van der Waals surface area contributed by atoms with Crippen LogP contribution in [0.4, 0.5) is 0 Å². The van der Waals surface area contributed by atoms with E-state index in [1.54, 1.807) is 32.4 Å². The van der Waals surface area contributed by atoms with Crippen LogP contribution in [0.25, 0.3) is 6.08 Å². The van der Waals surface area contributed by atoms with Gasteiger partial charge < -0.3 is 14.6 Å². The Morgan fingerprint density at radius 1 is 1.08 bits per heavy atom. The first-order chi connectivity index (χ1) is 12.3. The van der Waals surface area contributed by atoms with E-state index in [4.69, 9.17) is 9.47 Å². The quantitative estimate of drug-likeness (QED) is 0.443. The van der Waals surface area contributed by atoms with Crippen LogP contribution in [0, 0.1) is 0 Å². The van der Waals surface area contributed by atoms with E-state index in [9.17, 15) is 9.90 Å². The number of rotatable bonds is 7. The summed E-state index contributed by atoms with van der Waals surface area (Å²) in [6, 6.07) is 9.89. The van der Waals surface area contributed by atoms with E-state index in [1.165, 1.54) is 18.2 Å². The summed E-state index contributed by atoms with van der Waals surface area (Å²) in [5.41, 5.74) is 1.91. The molecule has 0 unspecified atom stereocenters. The largest absolute Gasteiger partial charge is 0.508 e. The number of hydrogen-bond acceptors (Lipinski definition) is 4. The van der Waals surface area contributed by atoms with Gasteiger partial charge in [-0.2, -0.15) is 0 Å². The minimum absolute atomic E-state index is 0.124. The van der Waals surface area contributed by atoms with Crippen molar-refractivity contribution in [3.05, 3.63) is 71.8 Å². The zero-order valence-electron chi connectivity index (χ0n) is 15.6. The predicted molar refractivity (Wildman–Crippen MR) is 104 cm³/mol. The summed E-state index contributed by atoms with van der Waals surface area (Å²) in [6.07, 6.45) is 5.06. The van der Waals surface area contributed by atoms with E-state index in [1.807, 2.05) is 32.1 Å². The second-order valence-electron chi connectivity index (χ2n) is 6.46. The third kappa shape index (κ3) is 4.14. The van der Waals surface area contributed by atoms with Gasteiger partial charge in [-0.1, -0.05) is 19.9 Å². The van der Waals surface area contributed by atoms with E-state index in [-0.39, 0.29) is 16.9 Å². The van der Waals surface area contributed by atoms with Gasteiger partial charge in [0.2, 0.25) is 0 Å². The molecule has 0 bridgehead atoms. The van der Waals surface area contributed by atoms with Gasteiger partial charge in [-0.25, -0.2) is 0 Å². The predicted octanol–water partition coefficient (Wildman–Crippen LogP) is 4.77. The number of methoxy groups -OCH3 is 2. The zero-order valence-corrected chi connectivity index (χ0v) is 15.6. The van der Waals surface area contributed by atoms with Crippen LogP contribution >= 0.6 is 0 Å². The molecule has 0 amide bonds. The van der Waals surface area contributed by atoms with Crippen LogP contribution in [0.5, 0.6) is 17.2 Å². The molecule has 0 radical (unpaired) electrons. The van der Waals surface area contributed by atoms with E-state index in [0.29, 0.717) is 17.1 Å². The Kier molecular flexibility index (Phi) is 5.88.